The van der Waals surface area contributed by atoms with Gasteiger partial charge in [-0.15, -0.1) is 5.10 Å². The predicted molar refractivity (Wildman–Crippen MR) is 172 cm³/mol. The molecule has 0 atom stereocenters. The van der Waals surface area contributed by atoms with Crippen molar-refractivity contribution in [1.82, 2.24) is 24.4 Å². The fraction of sp³-hybridized carbons (Fsp3) is 0.176. The second-order valence-electron chi connectivity index (χ2n) is 10.2. The molecule has 0 bridgehead atoms. The van der Waals surface area contributed by atoms with E-state index in [1.54, 1.807) is 13.2 Å². The minimum absolute atomic E-state index is 0.217. The number of nitrogens with zero attached hydrogens (tertiary/aromatic N) is 5. The van der Waals surface area contributed by atoms with Crippen molar-refractivity contribution in [3.63, 3.8) is 0 Å². The van der Waals surface area contributed by atoms with E-state index >= 15 is 0 Å². The lowest BCUT2D eigenvalue weighted by molar-refractivity contribution is 0.294. The number of aryl methyl sites for hydroxylation is 2. The number of aromatic nitrogens is 5. The van der Waals surface area contributed by atoms with Crippen molar-refractivity contribution in [2.45, 2.75) is 27.2 Å². The van der Waals surface area contributed by atoms with E-state index in [-0.39, 0.29) is 5.56 Å². The molecule has 8 nitrogen and oxygen atoms in total. The predicted octanol–water partition coefficient (Wildman–Crippen LogP) is 6.14. The fourth-order valence-electron chi connectivity index (χ4n) is 4.76. The lowest BCUT2D eigenvalue weighted by Crippen LogP contribution is -2.23. The smallest absolute Gasteiger partial charge is 0.291 e. The number of para-hydroxylation sites is 1. The molecule has 0 aliphatic rings. The van der Waals surface area contributed by atoms with Crippen molar-refractivity contribution in [3.05, 3.63) is 116 Å². The number of hydrogen-bond acceptors (Lipinski definition) is 7. The van der Waals surface area contributed by atoms with Crippen LogP contribution in [0.5, 0.6) is 11.5 Å². The van der Waals surface area contributed by atoms with Gasteiger partial charge >= 0.3 is 0 Å². The van der Waals surface area contributed by atoms with Crippen LogP contribution in [0.15, 0.2) is 77.7 Å². The molecule has 0 spiro atoms. The summed E-state index contributed by atoms with van der Waals surface area (Å²) in [5.41, 5.74) is 6.57. The van der Waals surface area contributed by atoms with E-state index in [0.29, 0.717) is 33.4 Å². The first-order valence-corrected chi connectivity index (χ1v) is 14.9. The molecule has 0 radical (unpaired) electrons. The second-order valence-corrected chi connectivity index (χ2v) is 11.2. The Morgan fingerprint density at radius 1 is 0.953 bits per heavy atom. The molecule has 0 unspecified atom stereocenters. The zero-order chi connectivity index (χ0) is 29.9. The summed E-state index contributed by atoms with van der Waals surface area (Å²) in [6.45, 7) is 6.82. The molecular weight excluding hydrogens is 558 g/mol. The normalized spacial score (nSPS) is 12.0. The number of hydrogen-bond donors (Lipinski definition) is 0. The Kier molecular flexibility index (Phi) is 7.89. The summed E-state index contributed by atoms with van der Waals surface area (Å²) in [5, 5.41) is 9.41. The number of methoxy groups -OCH3 is 1. The summed E-state index contributed by atoms with van der Waals surface area (Å²) in [6, 6.07) is 22.0. The third-order valence-corrected chi connectivity index (χ3v) is 7.93. The van der Waals surface area contributed by atoms with Gasteiger partial charge in [-0.3, -0.25) is 4.79 Å². The number of benzene rings is 3. The summed E-state index contributed by atoms with van der Waals surface area (Å²) >= 11 is 1.31. The summed E-state index contributed by atoms with van der Waals surface area (Å²) in [4.78, 5) is 18.6. The zero-order valence-electron chi connectivity index (χ0n) is 24.4. The highest BCUT2D eigenvalue weighted by Gasteiger charge is 2.15. The molecule has 6 rings (SSSR count). The molecule has 3 aromatic carbocycles. The van der Waals surface area contributed by atoms with Gasteiger partial charge in [-0.05, 0) is 73.9 Å². The standard InChI is InChI=1S/C34H31N5O3S/c1-5-17-42-28-15-13-24(19-29(28)41-4)14-16-31-35-34-39(36-31)33(40)30(43-34)20-25-21-38(26-9-7-6-8-10-26)37-32(25)27-18-22(2)11-12-23(27)3/h6-16,18-21H,5,17H2,1-4H3/b16-14+,30-20-. The Balaban J connectivity index is 1.35. The van der Waals surface area contributed by atoms with E-state index in [0.717, 1.165) is 45.6 Å². The molecule has 3 aromatic heterocycles. The van der Waals surface area contributed by atoms with E-state index in [1.165, 1.54) is 15.9 Å². The second kappa shape index (κ2) is 12.1. The largest absolute Gasteiger partial charge is 0.493 e. The lowest BCUT2D eigenvalue weighted by atomic mass is 10.0. The van der Waals surface area contributed by atoms with Crippen LogP contribution in [0.2, 0.25) is 0 Å². The maximum absolute atomic E-state index is 13.4. The van der Waals surface area contributed by atoms with Crippen molar-refractivity contribution in [1.29, 1.82) is 0 Å². The number of rotatable bonds is 9. The first kappa shape index (κ1) is 28.1. The van der Waals surface area contributed by atoms with Gasteiger partial charge in [0.1, 0.15) is 5.69 Å². The monoisotopic (exact) mass is 589 g/mol. The van der Waals surface area contributed by atoms with Crippen LogP contribution >= 0.6 is 11.3 Å². The molecule has 0 N–H and O–H groups in total. The maximum atomic E-state index is 13.4. The fourth-order valence-corrected chi connectivity index (χ4v) is 5.66. The van der Waals surface area contributed by atoms with Crippen molar-refractivity contribution in [2.24, 2.45) is 0 Å². The van der Waals surface area contributed by atoms with Crippen molar-refractivity contribution in [2.75, 3.05) is 13.7 Å². The van der Waals surface area contributed by atoms with Gasteiger partial charge in [0.25, 0.3) is 5.56 Å². The van der Waals surface area contributed by atoms with Crippen molar-refractivity contribution in [3.8, 4) is 28.4 Å². The molecule has 0 saturated carbocycles. The summed E-state index contributed by atoms with van der Waals surface area (Å²) < 4.78 is 15.0. The van der Waals surface area contributed by atoms with E-state index in [4.69, 9.17) is 14.6 Å². The highest BCUT2D eigenvalue weighted by atomic mass is 32.1. The van der Waals surface area contributed by atoms with Crippen LogP contribution in [0.25, 0.3) is 40.1 Å². The highest BCUT2D eigenvalue weighted by molar-refractivity contribution is 7.15. The maximum Gasteiger partial charge on any atom is 0.291 e. The molecule has 43 heavy (non-hydrogen) atoms. The van der Waals surface area contributed by atoms with Gasteiger partial charge in [-0.2, -0.15) is 14.6 Å². The SMILES string of the molecule is CCCOc1ccc(/C=C/c2nc3s/c(=C\c4cn(-c5ccccc5)nc4-c4cc(C)ccc4C)c(=O)n3n2)cc1OC. The Labute approximate surface area is 253 Å². The average molecular weight is 590 g/mol. The minimum Gasteiger partial charge on any atom is -0.493 e. The molecule has 6 aromatic rings. The first-order chi connectivity index (χ1) is 20.9. The molecule has 0 fully saturated rings. The molecule has 0 saturated heterocycles. The zero-order valence-corrected chi connectivity index (χ0v) is 25.3. The quantitative estimate of drug-likeness (QED) is 0.202. The molecule has 0 amide bonds. The summed E-state index contributed by atoms with van der Waals surface area (Å²) in [6.07, 6.45) is 8.43. The summed E-state index contributed by atoms with van der Waals surface area (Å²) in [7, 11) is 1.62. The molecule has 3 heterocycles. The topological polar surface area (TPSA) is 83.5 Å². The summed E-state index contributed by atoms with van der Waals surface area (Å²) in [5.74, 6) is 1.82. The van der Waals surface area contributed by atoms with Crippen molar-refractivity contribution >= 4 is 34.5 Å². The van der Waals surface area contributed by atoms with Gasteiger partial charge < -0.3 is 9.47 Å². The lowest BCUT2D eigenvalue weighted by Gasteiger charge is -2.10. The molecule has 0 aliphatic carbocycles. The van der Waals surface area contributed by atoms with Crippen LogP contribution in [-0.2, 0) is 0 Å². The van der Waals surface area contributed by atoms with Crippen LogP contribution in [0.1, 0.15) is 41.4 Å². The van der Waals surface area contributed by atoms with E-state index in [9.17, 15) is 4.79 Å². The number of fused-ring (bicyclic) bond motifs is 1. The Morgan fingerprint density at radius 2 is 1.79 bits per heavy atom. The van der Waals surface area contributed by atoms with E-state index < -0.39 is 0 Å². The van der Waals surface area contributed by atoms with Gasteiger partial charge in [0.2, 0.25) is 4.96 Å². The van der Waals surface area contributed by atoms with Crippen LogP contribution in [0.4, 0.5) is 0 Å². The Hall–Kier alpha value is -5.02. The first-order valence-electron chi connectivity index (χ1n) is 14.1. The van der Waals surface area contributed by atoms with Crippen LogP contribution in [0, 0.1) is 13.8 Å². The Bertz CT molecular complexity index is 2060. The third kappa shape index (κ3) is 5.85. The molecular formula is C34H31N5O3S. The third-order valence-electron chi connectivity index (χ3n) is 6.97. The van der Waals surface area contributed by atoms with E-state index in [1.807, 2.05) is 71.6 Å². The number of thiazole rings is 1. The van der Waals surface area contributed by atoms with Crippen LogP contribution < -0.4 is 19.6 Å². The number of ether oxygens (including phenoxy) is 2. The van der Waals surface area contributed by atoms with Gasteiger partial charge in [0, 0.05) is 17.3 Å². The van der Waals surface area contributed by atoms with E-state index in [2.05, 4.69) is 49.1 Å². The van der Waals surface area contributed by atoms with Gasteiger partial charge in [0.05, 0.1) is 23.9 Å². The Morgan fingerprint density at radius 3 is 2.56 bits per heavy atom. The van der Waals surface area contributed by atoms with Gasteiger partial charge in [-0.25, -0.2) is 4.68 Å². The molecule has 216 valence electrons. The average Bonchev–Trinajstić information content (AvgIpc) is 3.71. The van der Waals surface area contributed by atoms with Gasteiger partial charge in [0.15, 0.2) is 17.3 Å². The van der Waals surface area contributed by atoms with Gasteiger partial charge in [-0.1, -0.05) is 66.3 Å². The van der Waals surface area contributed by atoms with Crippen molar-refractivity contribution < 1.29 is 9.47 Å². The minimum atomic E-state index is -0.217. The highest BCUT2D eigenvalue weighted by Crippen LogP contribution is 2.30. The van der Waals surface area contributed by atoms with Crippen LogP contribution in [0.3, 0.4) is 0 Å². The molecule has 9 heteroatoms. The molecule has 0 aliphatic heterocycles. The van der Waals surface area contributed by atoms with Crippen LogP contribution in [-0.4, -0.2) is 38.1 Å².